The normalized spacial score (nSPS) is 19.8. The minimum atomic E-state index is -1.11. The van der Waals surface area contributed by atoms with Crippen molar-refractivity contribution in [2.24, 2.45) is 0 Å². The van der Waals surface area contributed by atoms with Gasteiger partial charge in [0.25, 0.3) is 0 Å². The number of likely N-dealkylation sites (tertiary alicyclic amines) is 1. The lowest BCUT2D eigenvalue weighted by Gasteiger charge is -2.15. The van der Waals surface area contributed by atoms with Crippen molar-refractivity contribution >= 4 is 12.0 Å². The topological polar surface area (TPSA) is 99.1 Å². The molecule has 0 spiro atoms. The van der Waals surface area contributed by atoms with Crippen LogP contribution in [0.5, 0.6) is 0 Å². The van der Waals surface area contributed by atoms with E-state index in [4.69, 9.17) is 9.84 Å². The van der Waals surface area contributed by atoms with E-state index in [0.29, 0.717) is 19.5 Å². The molecule has 0 aromatic heterocycles. The Hall–Kier alpha value is -1.34. The molecule has 92 valence electrons. The van der Waals surface area contributed by atoms with Gasteiger partial charge in [-0.25, -0.2) is 4.79 Å². The van der Waals surface area contributed by atoms with Gasteiger partial charge in [-0.05, 0) is 6.42 Å². The van der Waals surface area contributed by atoms with Crippen LogP contribution in [-0.2, 0) is 9.53 Å². The third-order valence-electron chi connectivity index (χ3n) is 2.26. The van der Waals surface area contributed by atoms with Gasteiger partial charge in [0, 0.05) is 19.6 Å². The van der Waals surface area contributed by atoms with Crippen LogP contribution >= 0.6 is 0 Å². The van der Waals surface area contributed by atoms with Gasteiger partial charge in [0.2, 0.25) is 5.91 Å². The van der Waals surface area contributed by atoms with Gasteiger partial charge < -0.3 is 25.2 Å². The van der Waals surface area contributed by atoms with Crippen LogP contribution in [0.1, 0.15) is 6.42 Å². The van der Waals surface area contributed by atoms with Crippen molar-refractivity contribution in [2.45, 2.75) is 12.5 Å². The molecule has 7 heteroatoms. The molecule has 0 aromatic carbocycles. The number of hydrogen-bond donors (Lipinski definition) is 3. The van der Waals surface area contributed by atoms with E-state index >= 15 is 0 Å². The Morgan fingerprint density at radius 1 is 1.50 bits per heavy atom. The minimum Gasteiger partial charge on any atom is -0.465 e. The number of carbonyl (C=O) groups is 2. The first-order chi connectivity index (χ1) is 7.59. The quantitative estimate of drug-likeness (QED) is 0.520. The van der Waals surface area contributed by atoms with Gasteiger partial charge in [0.05, 0.1) is 12.7 Å². The number of aliphatic hydroxyl groups is 1. The predicted octanol–water partition coefficient (Wildman–Crippen LogP) is -1.14. The highest BCUT2D eigenvalue weighted by atomic mass is 16.5. The maximum absolute atomic E-state index is 11.4. The van der Waals surface area contributed by atoms with Crippen molar-refractivity contribution in [3.05, 3.63) is 0 Å². The van der Waals surface area contributed by atoms with Gasteiger partial charge in [-0.15, -0.1) is 0 Å². The number of β-amino-alcohol motifs (C(OH)–C–C–N with tert-alkyl or cyclic N) is 1. The summed E-state index contributed by atoms with van der Waals surface area (Å²) in [7, 11) is 0. The van der Waals surface area contributed by atoms with Crippen molar-refractivity contribution in [3.8, 4) is 0 Å². The van der Waals surface area contributed by atoms with Crippen molar-refractivity contribution in [3.63, 3.8) is 0 Å². The van der Waals surface area contributed by atoms with E-state index in [9.17, 15) is 14.7 Å². The number of carboxylic acid groups (broad SMARTS) is 1. The molecule has 1 saturated heterocycles. The van der Waals surface area contributed by atoms with E-state index in [1.165, 1.54) is 4.90 Å². The summed E-state index contributed by atoms with van der Waals surface area (Å²) < 4.78 is 4.99. The van der Waals surface area contributed by atoms with Crippen LogP contribution in [-0.4, -0.2) is 66.1 Å². The second kappa shape index (κ2) is 6.29. The van der Waals surface area contributed by atoms with Gasteiger partial charge in [-0.3, -0.25) is 4.79 Å². The van der Waals surface area contributed by atoms with Crippen LogP contribution in [0.2, 0.25) is 0 Å². The molecule has 1 aliphatic heterocycles. The number of ether oxygens (including phenoxy) is 1. The molecule has 1 rings (SSSR count). The third kappa shape index (κ3) is 4.45. The number of amides is 2. The van der Waals surface area contributed by atoms with Crippen molar-refractivity contribution in [1.29, 1.82) is 0 Å². The summed E-state index contributed by atoms with van der Waals surface area (Å²) >= 11 is 0. The first kappa shape index (κ1) is 12.7. The molecule has 0 aliphatic carbocycles. The first-order valence-corrected chi connectivity index (χ1v) is 5.10. The molecule has 2 amide bonds. The van der Waals surface area contributed by atoms with Gasteiger partial charge in [0.1, 0.15) is 6.61 Å². The molecule has 7 nitrogen and oxygen atoms in total. The third-order valence-corrected chi connectivity index (χ3v) is 2.26. The van der Waals surface area contributed by atoms with Crippen LogP contribution < -0.4 is 5.32 Å². The fourth-order valence-electron chi connectivity index (χ4n) is 1.45. The van der Waals surface area contributed by atoms with Crippen LogP contribution in [0, 0.1) is 0 Å². The number of carbonyl (C=O) groups excluding carboxylic acids is 1. The Kier molecular flexibility index (Phi) is 5.00. The second-order valence-electron chi connectivity index (χ2n) is 3.57. The highest BCUT2D eigenvalue weighted by Gasteiger charge is 2.24. The predicted molar refractivity (Wildman–Crippen MR) is 54.1 cm³/mol. The zero-order valence-electron chi connectivity index (χ0n) is 8.89. The minimum absolute atomic E-state index is 0.0754. The highest BCUT2D eigenvalue weighted by Crippen LogP contribution is 2.08. The van der Waals surface area contributed by atoms with Crippen molar-refractivity contribution in [2.75, 3.05) is 32.8 Å². The fourth-order valence-corrected chi connectivity index (χ4v) is 1.45. The maximum atomic E-state index is 11.4. The first-order valence-electron chi connectivity index (χ1n) is 5.10. The summed E-state index contributed by atoms with van der Waals surface area (Å²) in [5.74, 6) is -0.174. The summed E-state index contributed by atoms with van der Waals surface area (Å²) in [6, 6.07) is 0. The Bertz CT molecular complexity index is 258. The monoisotopic (exact) mass is 232 g/mol. The molecule has 3 N–H and O–H groups in total. The Balaban J connectivity index is 2.04. The lowest BCUT2D eigenvalue weighted by molar-refractivity contribution is -0.135. The SMILES string of the molecule is O=C(O)NCCOCC(=O)N1CC[C@@H](O)C1. The molecule has 0 unspecified atom stereocenters. The zero-order valence-corrected chi connectivity index (χ0v) is 8.89. The lowest BCUT2D eigenvalue weighted by atomic mass is 10.3. The summed E-state index contributed by atoms with van der Waals surface area (Å²) in [5, 5.41) is 19.6. The van der Waals surface area contributed by atoms with Crippen molar-refractivity contribution in [1.82, 2.24) is 10.2 Å². The van der Waals surface area contributed by atoms with E-state index in [-0.39, 0.29) is 25.7 Å². The Morgan fingerprint density at radius 3 is 2.81 bits per heavy atom. The Labute approximate surface area is 93.0 Å². The van der Waals surface area contributed by atoms with Gasteiger partial charge in [-0.2, -0.15) is 0 Å². The Morgan fingerprint density at radius 2 is 2.25 bits per heavy atom. The van der Waals surface area contributed by atoms with E-state index in [1.807, 2.05) is 0 Å². The number of nitrogens with zero attached hydrogens (tertiary/aromatic N) is 1. The molecule has 0 saturated carbocycles. The standard InChI is InChI=1S/C9H16N2O5/c12-7-1-3-11(5-7)8(13)6-16-4-2-10-9(14)15/h7,10,12H,1-6H2,(H,14,15)/t7-/m1/s1. The zero-order chi connectivity index (χ0) is 12.0. The molecule has 1 atom stereocenters. The van der Waals surface area contributed by atoms with Crippen LogP contribution in [0.4, 0.5) is 4.79 Å². The highest BCUT2D eigenvalue weighted by molar-refractivity contribution is 5.77. The molecule has 0 radical (unpaired) electrons. The summed E-state index contributed by atoms with van der Waals surface area (Å²) in [5.41, 5.74) is 0. The number of aliphatic hydroxyl groups excluding tert-OH is 1. The van der Waals surface area contributed by atoms with Gasteiger partial charge in [-0.1, -0.05) is 0 Å². The second-order valence-corrected chi connectivity index (χ2v) is 3.57. The molecule has 0 aromatic rings. The summed E-state index contributed by atoms with van der Waals surface area (Å²) in [6.07, 6.45) is -0.943. The average Bonchev–Trinajstić information content (AvgIpc) is 2.63. The molecule has 16 heavy (non-hydrogen) atoms. The molecule has 1 fully saturated rings. The van der Waals surface area contributed by atoms with E-state index in [1.54, 1.807) is 0 Å². The molecule has 1 aliphatic rings. The van der Waals surface area contributed by atoms with Crippen LogP contribution in [0.3, 0.4) is 0 Å². The summed E-state index contributed by atoms with van der Waals surface area (Å²) in [6.45, 7) is 1.15. The molecular weight excluding hydrogens is 216 g/mol. The molecular formula is C9H16N2O5. The van der Waals surface area contributed by atoms with E-state index in [2.05, 4.69) is 5.32 Å². The largest absolute Gasteiger partial charge is 0.465 e. The van der Waals surface area contributed by atoms with Gasteiger partial charge in [0.15, 0.2) is 0 Å². The number of hydrogen-bond acceptors (Lipinski definition) is 4. The summed E-state index contributed by atoms with van der Waals surface area (Å²) in [4.78, 5) is 23.0. The fraction of sp³-hybridized carbons (Fsp3) is 0.778. The number of rotatable bonds is 5. The molecule has 1 heterocycles. The van der Waals surface area contributed by atoms with E-state index in [0.717, 1.165) is 0 Å². The lowest BCUT2D eigenvalue weighted by Crippen LogP contribution is -2.34. The van der Waals surface area contributed by atoms with E-state index < -0.39 is 12.2 Å². The number of nitrogens with one attached hydrogen (secondary N) is 1. The van der Waals surface area contributed by atoms with Crippen LogP contribution in [0.15, 0.2) is 0 Å². The van der Waals surface area contributed by atoms with Crippen LogP contribution in [0.25, 0.3) is 0 Å². The van der Waals surface area contributed by atoms with Gasteiger partial charge >= 0.3 is 6.09 Å². The smallest absolute Gasteiger partial charge is 0.404 e. The average molecular weight is 232 g/mol. The van der Waals surface area contributed by atoms with Crippen molar-refractivity contribution < 1.29 is 24.5 Å². The maximum Gasteiger partial charge on any atom is 0.404 e. The molecule has 0 bridgehead atoms.